The summed E-state index contributed by atoms with van der Waals surface area (Å²) in [5.74, 6) is -4.30. The zero-order valence-corrected chi connectivity index (χ0v) is 13.9. The molecule has 3 aliphatic rings. The lowest BCUT2D eigenvalue weighted by Gasteiger charge is -2.36. The normalized spacial score (nSPS) is 32.0. The third kappa shape index (κ3) is 1.65. The van der Waals surface area contributed by atoms with Crippen LogP contribution in [0.25, 0.3) is 0 Å². The Labute approximate surface area is 149 Å². The molecule has 3 aliphatic heterocycles. The summed E-state index contributed by atoms with van der Waals surface area (Å²) < 4.78 is 11.6. The van der Waals surface area contributed by atoms with Gasteiger partial charge in [-0.15, -0.1) is 0 Å². The van der Waals surface area contributed by atoms with Crippen LogP contribution in [0.15, 0.2) is 54.6 Å². The first-order valence-electron chi connectivity index (χ1n) is 8.39. The maximum Gasteiger partial charge on any atom is 0.243 e. The lowest BCUT2D eigenvalue weighted by Crippen LogP contribution is -2.46. The second-order valence-corrected chi connectivity index (χ2v) is 6.67. The number of para-hydroxylation sites is 1. The van der Waals surface area contributed by atoms with Crippen molar-refractivity contribution in [3.05, 3.63) is 65.7 Å². The number of ketones is 1. The molecule has 3 heterocycles. The number of carbonyl (C=O) groups excluding carboxylic acids is 3. The van der Waals surface area contributed by atoms with Gasteiger partial charge in [0.25, 0.3) is 0 Å². The summed E-state index contributed by atoms with van der Waals surface area (Å²) in [5.41, 5.74) is 1.45. The van der Waals surface area contributed by atoms with Gasteiger partial charge >= 0.3 is 0 Å². The van der Waals surface area contributed by atoms with Crippen molar-refractivity contribution in [2.24, 2.45) is 11.8 Å². The number of ether oxygens (including phenoxy) is 2. The van der Waals surface area contributed by atoms with Crippen molar-refractivity contribution in [3.8, 4) is 0 Å². The zero-order chi connectivity index (χ0) is 18.1. The average Bonchev–Trinajstić information content (AvgIpc) is 3.14. The molecule has 2 amide bonds. The Bertz CT molecular complexity index is 956. The van der Waals surface area contributed by atoms with Gasteiger partial charge in [-0.2, -0.15) is 0 Å². The summed E-state index contributed by atoms with van der Waals surface area (Å²) in [6.07, 6.45) is -1.01. The Hall–Kier alpha value is -2.83. The molecule has 0 N–H and O–H groups in total. The highest BCUT2D eigenvalue weighted by molar-refractivity contribution is 6.25. The predicted molar refractivity (Wildman–Crippen MR) is 90.2 cm³/mol. The molecule has 2 saturated heterocycles. The number of carbonyl (C=O) groups is 3. The van der Waals surface area contributed by atoms with Gasteiger partial charge in [-0.3, -0.25) is 14.4 Å². The second kappa shape index (κ2) is 5.09. The summed E-state index contributed by atoms with van der Waals surface area (Å²) in [7, 11) is 1.44. The predicted octanol–water partition coefficient (Wildman–Crippen LogP) is 1.89. The van der Waals surface area contributed by atoms with Gasteiger partial charge in [0.2, 0.25) is 17.6 Å². The lowest BCUT2D eigenvalue weighted by atomic mass is 9.86. The Morgan fingerprint density at radius 3 is 2.38 bits per heavy atom. The molecule has 6 nitrogen and oxygen atoms in total. The number of imide groups is 1. The van der Waals surface area contributed by atoms with Gasteiger partial charge in [-0.05, 0) is 12.1 Å². The molecular weight excluding hydrogens is 334 g/mol. The summed E-state index contributed by atoms with van der Waals surface area (Å²) in [5, 5.41) is 0. The van der Waals surface area contributed by atoms with Gasteiger partial charge in [-0.25, -0.2) is 4.90 Å². The fourth-order valence-electron chi connectivity index (χ4n) is 4.45. The lowest BCUT2D eigenvalue weighted by molar-refractivity contribution is -0.235. The molecule has 2 fully saturated rings. The molecule has 0 aliphatic carbocycles. The van der Waals surface area contributed by atoms with Crippen LogP contribution < -0.4 is 4.90 Å². The Balaban J connectivity index is 1.71. The van der Waals surface area contributed by atoms with Crippen LogP contribution in [-0.2, 0) is 24.8 Å². The number of methoxy groups -OCH3 is 1. The fourth-order valence-corrected chi connectivity index (χ4v) is 4.45. The van der Waals surface area contributed by atoms with E-state index in [0.717, 1.165) is 4.90 Å². The SMILES string of the molecule is CO[C@@]12O[C@@H](C(=O)c3ccccc31)[C@@H]1C(=O)N(c3ccccc3)C(=O)[C@@H]12. The van der Waals surface area contributed by atoms with E-state index in [2.05, 4.69) is 0 Å². The topological polar surface area (TPSA) is 72.9 Å². The van der Waals surface area contributed by atoms with Crippen LogP contribution in [0, 0.1) is 11.8 Å². The van der Waals surface area contributed by atoms with E-state index >= 15 is 0 Å². The van der Waals surface area contributed by atoms with E-state index in [-0.39, 0.29) is 5.78 Å². The summed E-state index contributed by atoms with van der Waals surface area (Å²) in [6, 6.07) is 15.6. The molecule has 5 rings (SSSR count). The molecule has 0 saturated carbocycles. The smallest absolute Gasteiger partial charge is 0.243 e. The number of amides is 2. The van der Waals surface area contributed by atoms with Gasteiger partial charge in [-0.1, -0.05) is 42.5 Å². The van der Waals surface area contributed by atoms with Crippen LogP contribution in [0.4, 0.5) is 5.69 Å². The first-order chi connectivity index (χ1) is 12.6. The number of anilines is 1. The highest BCUT2D eigenvalue weighted by Gasteiger charge is 2.72. The van der Waals surface area contributed by atoms with Crippen LogP contribution in [0.2, 0.25) is 0 Å². The number of fused-ring (bicyclic) bond motifs is 7. The summed E-state index contributed by atoms with van der Waals surface area (Å²) in [4.78, 5) is 40.4. The first-order valence-corrected chi connectivity index (χ1v) is 8.39. The van der Waals surface area contributed by atoms with Crippen LogP contribution >= 0.6 is 0 Å². The largest absolute Gasteiger partial charge is 0.349 e. The zero-order valence-electron chi connectivity index (χ0n) is 13.9. The number of Topliss-reactive ketones (excluding diaryl/α,β-unsaturated/α-hetero) is 1. The minimum absolute atomic E-state index is 0.281. The second-order valence-electron chi connectivity index (χ2n) is 6.67. The first kappa shape index (κ1) is 15.4. The van der Waals surface area contributed by atoms with Crippen LogP contribution in [0.5, 0.6) is 0 Å². The van der Waals surface area contributed by atoms with Gasteiger partial charge in [0.05, 0.1) is 11.6 Å². The minimum Gasteiger partial charge on any atom is -0.349 e. The van der Waals surface area contributed by atoms with E-state index in [1.807, 2.05) is 6.07 Å². The monoisotopic (exact) mass is 349 g/mol. The van der Waals surface area contributed by atoms with E-state index in [1.54, 1.807) is 48.5 Å². The van der Waals surface area contributed by atoms with E-state index < -0.39 is 35.5 Å². The van der Waals surface area contributed by atoms with Gasteiger partial charge in [0, 0.05) is 18.2 Å². The summed E-state index contributed by atoms with van der Waals surface area (Å²) in [6.45, 7) is 0. The van der Waals surface area contributed by atoms with E-state index in [1.165, 1.54) is 7.11 Å². The molecule has 2 aromatic rings. The van der Waals surface area contributed by atoms with Crippen molar-refractivity contribution < 1.29 is 23.9 Å². The molecule has 6 heteroatoms. The van der Waals surface area contributed by atoms with E-state index in [0.29, 0.717) is 16.8 Å². The van der Waals surface area contributed by atoms with Crippen molar-refractivity contribution in [2.45, 2.75) is 11.9 Å². The molecule has 4 atom stereocenters. The van der Waals surface area contributed by atoms with E-state index in [4.69, 9.17) is 9.47 Å². The minimum atomic E-state index is -1.42. The van der Waals surface area contributed by atoms with E-state index in [9.17, 15) is 14.4 Å². The standard InChI is InChI=1S/C20H15NO5/c1-25-20-13-10-6-5-9-12(13)16(22)17(26-20)14-15(20)19(24)21(18(14)23)11-7-3-2-4-8-11/h2-10,14-15,17H,1H3/t14-,15-,17-,20-/m1/s1. The fraction of sp³-hybridized carbons (Fsp3) is 0.250. The maximum absolute atomic E-state index is 13.3. The number of rotatable bonds is 2. The highest BCUT2D eigenvalue weighted by Crippen LogP contribution is 2.57. The number of hydrogen-bond donors (Lipinski definition) is 0. The van der Waals surface area contributed by atoms with Gasteiger partial charge in [0.15, 0.2) is 5.78 Å². The number of benzene rings is 2. The van der Waals surface area contributed by atoms with Crippen molar-refractivity contribution in [1.29, 1.82) is 0 Å². The molecule has 0 spiro atoms. The number of hydrogen-bond acceptors (Lipinski definition) is 5. The van der Waals surface area contributed by atoms with Gasteiger partial charge in [0.1, 0.15) is 12.0 Å². The van der Waals surface area contributed by atoms with Crippen LogP contribution in [-0.4, -0.2) is 30.8 Å². The average molecular weight is 349 g/mol. The molecule has 0 aromatic heterocycles. The Kier molecular flexibility index (Phi) is 3.02. The number of nitrogens with zero attached hydrogens (tertiary/aromatic N) is 1. The van der Waals surface area contributed by atoms with Crippen molar-refractivity contribution in [2.75, 3.05) is 12.0 Å². The molecule has 26 heavy (non-hydrogen) atoms. The maximum atomic E-state index is 13.3. The molecular formula is C20H15NO5. The quantitative estimate of drug-likeness (QED) is 0.774. The third-order valence-corrected chi connectivity index (χ3v) is 5.53. The van der Waals surface area contributed by atoms with Crippen LogP contribution in [0.3, 0.4) is 0 Å². The molecule has 0 radical (unpaired) electrons. The Morgan fingerprint density at radius 1 is 0.962 bits per heavy atom. The third-order valence-electron chi connectivity index (χ3n) is 5.53. The van der Waals surface area contributed by atoms with Crippen LogP contribution in [0.1, 0.15) is 15.9 Å². The highest BCUT2D eigenvalue weighted by atomic mass is 16.7. The van der Waals surface area contributed by atoms with Crippen molar-refractivity contribution in [3.63, 3.8) is 0 Å². The summed E-state index contributed by atoms with van der Waals surface area (Å²) >= 11 is 0. The van der Waals surface area contributed by atoms with Crippen molar-refractivity contribution >= 4 is 23.3 Å². The molecule has 130 valence electrons. The molecule has 2 bridgehead atoms. The van der Waals surface area contributed by atoms with Crippen molar-refractivity contribution in [1.82, 2.24) is 0 Å². The van der Waals surface area contributed by atoms with Gasteiger partial charge < -0.3 is 9.47 Å². The molecule has 2 aromatic carbocycles. The molecule has 0 unspecified atom stereocenters. The Morgan fingerprint density at radius 2 is 1.65 bits per heavy atom.